The number of carbonyl (C=O) groups excluding carboxylic acids is 1. The summed E-state index contributed by atoms with van der Waals surface area (Å²) in [6.07, 6.45) is 8.75. The van der Waals surface area contributed by atoms with E-state index in [1.807, 2.05) is 74.5 Å². The third-order valence-electron chi connectivity index (χ3n) is 7.69. The zero-order chi connectivity index (χ0) is 33.7. The van der Waals surface area contributed by atoms with Gasteiger partial charge in [-0.2, -0.15) is 0 Å². The summed E-state index contributed by atoms with van der Waals surface area (Å²) in [6, 6.07) is 16.0. The number of likely N-dealkylation sites (N-methyl/N-ethyl adjacent to an activating group) is 1. The number of halogens is 2. The molecular formula is C36H35Cl2N5O4. The minimum atomic E-state index is -0.467. The summed E-state index contributed by atoms with van der Waals surface area (Å²) in [5.74, 6) is 1.17. The minimum absolute atomic E-state index is 0.00424. The fraction of sp³-hybridized carbons (Fsp3) is 0.222. The van der Waals surface area contributed by atoms with Crippen molar-refractivity contribution in [2.75, 3.05) is 40.2 Å². The van der Waals surface area contributed by atoms with Gasteiger partial charge in [0.05, 0.1) is 41.4 Å². The van der Waals surface area contributed by atoms with Gasteiger partial charge in [0.1, 0.15) is 17.3 Å². The third-order valence-corrected chi connectivity index (χ3v) is 8.44. The molecule has 0 fully saturated rings. The maximum absolute atomic E-state index is 14.7. The van der Waals surface area contributed by atoms with Gasteiger partial charge in [-0.05, 0) is 56.4 Å². The molecule has 1 atom stereocenters. The Kier molecular flexibility index (Phi) is 10.6. The van der Waals surface area contributed by atoms with Crippen LogP contribution >= 0.6 is 23.2 Å². The Hall–Kier alpha value is -4.70. The second-order valence-corrected chi connectivity index (χ2v) is 12.0. The van der Waals surface area contributed by atoms with Crippen molar-refractivity contribution in [3.8, 4) is 22.6 Å². The van der Waals surface area contributed by atoms with Crippen LogP contribution in [0.3, 0.4) is 0 Å². The molecule has 2 aromatic carbocycles. The number of ketones is 1. The largest absolute Gasteiger partial charge is 0.495 e. The fourth-order valence-corrected chi connectivity index (χ4v) is 6.04. The molecule has 0 aliphatic heterocycles. The van der Waals surface area contributed by atoms with Crippen LogP contribution in [0.1, 0.15) is 24.1 Å². The maximum atomic E-state index is 14.7. The first kappa shape index (κ1) is 33.7. The number of benzene rings is 2. The van der Waals surface area contributed by atoms with Gasteiger partial charge in [0, 0.05) is 60.3 Å². The van der Waals surface area contributed by atoms with E-state index in [9.17, 15) is 9.59 Å². The molecular weight excluding hydrogens is 637 g/mol. The lowest BCUT2D eigenvalue weighted by Crippen LogP contribution is -2.26. The summed E-state index contributed by atoms with van der Waals surface area (Å²) in [5, 5.41) is 4.32. The highest BCUT2D eigenvalue weighted by atomic mass is 35.5. The summed E-state index contributed by atoms with van der Waals surface area (Å²) < 4.78 is 12.7. The van der Waals surface area contributed by atoms with E-state index < -0.39 is 6.04 Å². The highest BCUT2D eigenvalue weighted by Crippen LogP contribution is 2.45. The molecule has 0 aliphatic carbocycles. The average Bonchev–Trinajstić information content (AvgIpc) is 3.05. The molecule has 0 amide bonds. The number of fused-ring (bicyclic) bond motifs is 1. The molecule has 11 heteroatoms. The number of anilines is 2. The van der Waals surface area contributed by atoms with Crippen molar-refractivity contribution < 1.29 is 14.3 Å². The Morgan fingerprint density at radius 1 is 1.02 bits per heavy atom. The van der Waals surface area contributed by atoms with Crippen molar-refractivity contribution in [3.63, 3.8) is 0 Å². The van der Waals surface area contributed by atoms with Crippen LogP contribution in [-0.2, 0) is 11.2 Å². The highest BCUT2D eigenvalue weighted by molar-refractivity contribution is 6.41. The number of methoxy groups -OCH3 is 2. The number of aromatic nitrogens is 3. The summed E-state index contributed by atoms with van der Waals surface area (Å²) in [5.41, 5.74) is 3.32. The fourth-order valence-electron chi connectivity index (χ4n) is 5.34. The molecule has 3 heterocycles. The van der Waals surface area contributed by atoms with E-state index in [1.54, 1.807) is 41.4 Å². The third kappa shape index (κ3) is 7.49. The first-order valence-corrected chi connectivity index (χ1v) is 15.6. The predicted octanol–water partition coefficient (Wildman–Crippen LogP) is 7.36. The molecule has 0 spiro atoms. The second-order valence-electron chi connectivity index (χ2n) is 11.2. The lowest BCUT2D eigenvalue weighted by atomic mass is 9.99. The Balaban J connectivity index is 1.68. The second kappa shape index (κ2) is 14.8. The molecule has 0 saturated carbocycles. The van der Waals surface area contributed by atoms with Crippen LogP contribution in [-0.4, -0.2) is 60.1 Å². The topological polar surface area (TPSA) is 98.6 Å². The smallest absolute Gasteiger partial charge is 0.259 e. The SMILES string of the molecule is COc1cc(OC)c(Cl)c(-c2cc3cnc(Nc4ccncc4)cc3n(C(C)c3cccc(CC(=O)/C=C/CN(C)C)c3)c2=O)c1Cl. The number of carbonyl (C=O) groups is 1. The number of rotatable bonds is 12. The summed E-state index contributed by atoms with van der Waals surface area (Å²) in [6.45, 7) is 2.61. The normalized spacial score (nSPS) is 12.1. The van der Waals surface area contributed by atoms with E-state index in [0.29, 0.717) is 40.3 Å². The van der Waals surface area contributed by atoms with Gasteiger partial charge in [-0.1, -0.05) is 53.5 Å². The van der Waals surface area contributed by atoms with Crippen molar-refractivity contribution in [1.29, 1.82) is 0 Å². The lowest BCUT2D eigenvalue weighted by molar-refractivity contribution is -0.114. The van der Waals surface area contributed by atoms with E-state index in [4.69, 9.17) is 32.7 Å². The quantitative estimate of drug-likeness (QED) is 0.137. The van der Waals surface area contributed by atoms with E-state index >= 15 is 0 Å². The van der Waals surface area contributed by atoms with Crippen LogP contribution < -0.4 is 20.3 Å². The molecule has 3 aromatic heterocycles. The first-order chi connectivity index (χ1) is 22.6. The van der Waals surface area contributed by atoms with E-state index in [2.05, 4.69) is 15.3 Å². The number of nitrogens with zero attached hydrogens (tertiary/aromatic N) is 4. The van der Waals surface area contributed by atoms with E-state index in [-0.39, 0.29) is 33.4 Å². The van der Waals surface area contributed by atoms with Crippen molar-refractivity contribution in [2.24, 2.45) is 0 Å². The average molecular weight is 673 g/mol. The number of pyridine rings is 3. The molecule has 47 heavy (non-hydrogen) atoms. The Morgan fingerprint density at radius 2 is 1.72 bits per heavy atom. The van der Waals surface area contributed by atoms with Crippen LogP contribution in [0.2, 0.25) is 10.0 Å². The molecule has 1 N–H and O–H groups in total. The Labute approximate surface area is 283 Å². The van der Waals surface area contributed by atoms with Crippen LogP contribution in [0, 0.1) is 0 Å². The standard InChI is InChI=1S/C36H35Cl2N5O4/c1-22(24-9-6-8-23(16-24)17-27(44)10-7-15-42(2)3)43-29-19-32(41-26-11-13-39-14-12-26)40-21-25(29)18-28(36(43)45)33-34(37)30(46-4)20-31(47-5)35(33)38/h6-14,16,18-22H,15,17H2,1-5H3,(H,39,40,41)/b10-7+. The van der Waals surface area contributed by atoms with Gasteiger partial charge in [-0.15, -0.1) is 0 Å². The lowest BCUT2D eigenvalue weighted by Gasteiger charge is -2.22. The monoisotopic (exact) mass is 671 g/mol. The number of ether oxygens (including phenoxy) is 2. The summed E-state index contributed by atoms with van der Waals surface area (Å²) in [7, 11) is 6.86. The molecule has 5 rings (SSSR count). The molecule has 0 radical (unpaired) electrons. The van der Waals surface area contributed by atoms with Gasteiger partial charge < -0.3 is 24.3 Å². The van der Waals surface area contributed by atoms with Gasteiger partial charge in [-0.3, -0.25) is 14.6 Å². The van der Waals surface area contributed by atoms with Gasteiger partial charge in [0.2, 0.25) is 0 Å². The predicted molar refractivity (Wildman–Crippen MR) is 189 cm³/mol. The molecule has 1 unspecified atom stereocenters. The van der Waals surface area contributed by atoms with Crippen molar-refractivity contribution in [1.82, 2.24) is 19.4 Å². The maximum Gasteiger partial charge on any atom is 0.259 e. The zero-order valence-corrected chi connectivity index (χ0v) is 28.3. The van der Waals surface area contributed by atoms with E-state index in [0.717, 1.165) is 16.8 Å². The van der Waals surface area contributed by atoms with E-state index in [1.165, 1.54) is 14.2 Å². The molecule has 0 aliphatic rings. The van der Waals surface area contributed by atoms with Crippen molar-refractivity contribution in [3.05, 3.63) is 117 Å². The Bertz CT molecular complexity index is 1980. The molecule has 0 saturated heterocycles. The number of hydrogen-bond donors (Lipinski definition) is 1. The minimum Gasteiger partial charge on any atom is -0.495 e. The molecule has 242 valence electrons. The van der Waals surface area contributed by atoms with Crippen LogP contribution in [0.25, 0.3) is 22.0 Å². The Morgan fingerprint density at radius 3 is 2.38 bits per heavy atom. The van der Waals surface area contributed by atoms with Gasteiger partial charge in [0.25, 0.3) is 5.56 Å². The van der Waals surface area contributed by atoms with Gasteiger partial charge in [0.15, 0.2) is 5.78 Å². The molecule has 5 aromatic rings. The van der Waals surface area contributed by atoms with Crippen molar-refractivity contribution in [2.45, 2.75) is 19.4 Å². The number of hydrogen-bond acceptors (Lipinski definition) is 8. The molecule has 9 nitrogen and oxygen atoms in total. The first-order valence-electron chi connectivity index (χ1n) is 14.9. The van der Waals surface area contributed by atoms with Crippen LogP contribution in [0.5, 0.6) is 11.5 Å². The molecule has 0 bridgehead atoms. The summed E-state index contributed by atoms with van der Waals surface area (Å²) in [4.78, 5) is 38.0. The van der Waals surface area contributed by atoms with Crippen molar-refractivity contribution >= 4 is 51.4 Å². The zero-order valence-electron chi connectivity index (χ0n) is 26.8. The number of nitrogens with one attached hydrogen (secondary N) is 1. The number of allylic oxidation sites excluding steroid dienone is 1. The summed E-state index contributed by atoms with van der Waals surface area (Å²) >= 11 is 13.6. The van der Waals surface area contributed by atoms with Gasteiger partial charge in [-0.25, -0.2) is 4.98 Å². The van der Waals surface area contributed by atoms with Crippen LogP contribution in [0.4, 0.5) is 11.5 Å². The highest BCUT2D eigenvalue weighted by Gasteiger charge is 2.25. The van der Waals surface area contributed by atoms with Gasteiger partial charge >= 0.3 is 0 Å². The van der Waals surface area contributed by atoms with Crippen LogP contribution in [0.15, 0.2) is 90.1 Å².